The topological polar surface area (TPSA) is 93.0 Å². The minimum Gasteiger partial charge on any atom is -0.487 e. The van der Waals surface area contributed by atoms with E-state index in [0.29, 0.717) is 36.7 Å². The molecule has 0 radical (unpaired) electrons. The molecule has 174 valence electrons. The van der Waals surface area contributed by atoms with Gasteiger partial charge in [-0.25, -0.2) is 13.4 Å². The number of ether oxygens (including phenoxy) is 1. The summed E-state index contributed by atoms with van der Waals surface area (Å²) in [5.74, 6) is 0.287. The lowest BCUT2D eigenvalue weighted by Crippen LogP contribution is -2.27. The van der Waals surface area contributed by atoms with Crippen molar-refractivity contribution in [1.82, 2.24) is 13.7 Å². The number of carbonyl (C=O) groups is 1. The van der Waals surface area contributed by atoms with E-state index < -0.39 is 10.0 Å². The van der Waals surface area contributed by atoms with Crippen LogP contribution in [0.1, 0.15) is 28.9 Å². The van der Waals surface area contributed by atoms with Crippen molar-refractivity contribution >= 4 is 27.3 Å². The van der Waals surface area contributed by atoms with Crippen molar-refractivity contribution in [2.24, 2.45) is 0 Å². The van der Waals surface area contributed by atoms with Gasteiger partial charge in [-0.3, -0.25) is 4.79 Å². The second kappa shape index (κ2) is 9.28. The number of imidazole rings is 1. The molecule has 0 aliphatic carbocycles. The maximum Gasteiger partial charge on any atom is 0.255 e. The van der Waals surface area contributed by atoms with E-state index in [1.807, 2.05) is 35.0 Å². The summed E-state index contributed by atoms with van der Waals surface area (Å²) in [5.41, 5.74) is 2.52. The second-order valence-corrected chi connectivity index (χ2v) is 10.0. The number of nitrogens with zero attached hydrogens (tertiary/aromatic N) is 3. The number of carbonyl (C=O) groups excluding carboxylic acids is 1. The summed E-state index contributed by atoms with van der Waals surface area (Å²) in [5, 5.41) is 2.78. The third-order valence-corrected chi connectivity index (χ3v) is 7.61. The number of anilines is 1. The first-order chi connectivity index (χ1) is 16.5. The SMILES string of the molecule is O=C(Nc1cccc(S(=O)(=O)N2CCCC2)c1)c1ccc(OCc2cn3ccccc3n2)cc1. The molecule has 2 aromatic carbocycles. The molecule has 1 N–H and O–H groups in total. The third kappa shape index (κ3) is 4.66. The summed E-state index contributed by atoms with van der Waals surface area (Å²) in [7, 11) is -3.55. The first kappa shape index (κ1) is 22.1. The minimum absolute atomic E-state index is 0.183. The summed E-state index contributed by atoms with van der Waals surface area (Å²) in [4.78, 5) is 17.4. The van der Waals surface area contributed by atoms with E-state index in [0.717, 1.165) is 24.2 Å². The van der Waals surface area contributed by atoms with Crippen LogP contribution in [0, 0.1) is 0 Å². The maximum atomic E-state index is 12.8. The second-order valence-electron chi connectivity index (χ2n) is 8.10. The molecule has 5 rings (SSSR count). The van der Waals surface area contributed by atoms with Crippen LogP contribution >= 0.6 is 0 Å². The molecule has 0 bridgehead atoms. The molecule has 1 amide bonds. The highest BCUT2D eigenvalue weighted by Crippen LogP contribution is 2.23. The van der Waals surface area contributed by atoms with E-state index in [2.05, 4.69) is 10.3 Å². The van der Waals surface area contributed by atoms with Crippen LogP contribution in [0.25, 0.3) is 5.65 Å². The summed E-state index contributed by atoms with van der Waals surface area (Å²) in [6, 6.07) is 18.9. The molecule has 0 saturated carbocycles. The van der Waals surface area contributed by atoms with Crippen molar-refractivity contribution in [2.75, 3.05) is 18.4 Å². The number of benzene rings is 2. The molecule has 0 unspecified atom stereocenters. The zero-order valence-electron chi connectivity index (χ0n) is 18.4. The van der Waals surface area contributed by atoms with Gasteiger partial charge in [0.2, 0.25) is 10.0 Å². The molecular formula is C25H24N4O4S. The van der Waals surface area contributed by atoms with E-state index in [1.54, 1.807) is 42.5 Å². The summed E-state index contributed by atoms with van der Waals surface area (Å²) in [6.07, 6.45) is 5.58. The molecule has 2 aromatic heterocycles. The van der Waals surface area contributed by atoms with Crippen molar-refractivity contribution in [3.63, 3.8) is 0 Å². The van der Waals surface area contributed by atoms with Crippen LogP contribution in [0.15, 0.2) is 84.0 Å². The van der Waals surface area contributed by atoms with Gasteiger partial charge in [-0.1, -0.05) is 12.1 Å². The monoisotopic (exact) mass is 476 g/mol. The van der Waals surface area contributed by atoms with Gasteiger partial charge in [0.05, 0.1) is 10.6 Å². The molecule has 34 heavy (non-hydrogen) atoms. The van der Waals surface area contributed by atoms with Gasteiger partial charge >= 0.3 is 0 Å². The lowest BCUT2D eigenvalue weighted by Gasteiger charge is -2.16. The van der Waals surface area contributed by atoms with Gasteiger partial charge in [-0.2, -0.15) is 4.31 Å². The van der Waals surface area contributed by atoms with E-state index in [-0.39, 0.29) is 10.8 Å². The quantitative estimate of drug-likeness (QED) is 0.436. The Labute approximate surface area is 197 Å². The first-order valence-corrected chi connectivity index (χ1v) is 12.5. The zero-order chi connectivity index (χ0) is 23.5. The van der Waals surface area contributed by atoms with Crippen molar-refractivity contribution in [3.05, 3.63) is 90.4 Å². The largest absolute Gasteiger partial charge is 0.487 e. The molecular weight excluding hydrogens is 452 g/mol. The Morgan fingerprint density at radius 2 is 1.79 bits per heavy atom. The van der Waals surface area contributed by atoms with Crippen LogP contribution in [0.3, 0.4) is 0 Å². The Balaban J connectivity index is 1.22. The Kier molecular flexibility index (Phi) is 6.04. The maximum absolute atomic E-state index is 12.8. The smallest absolute Gasteiger partial charge is 0.255 e. The van der Waals surface area contributed by atoms with Crippen molar-refractivity contribution < 1.29 is 17.9 Å². The summed E-state index contributed by atoms with van der Waals surface area (Å²) in [6.45, 7) is 1.38. The standard InChI is InChI=1S/C25H24N4O4S/c30-25(27-20-6-5-7-23(16-20)34(31,32)29-14-3-4-15-29)19-9-11-22(12-10-19)33-18-21-17-28-13-2-1-8-24(28)26-21/h1-2,5-13,16-17H,3-4,14-15,18H2,(H,27,30). The zero-order valence-corrected chi connectivity index (χ0v) is 19.2. The van der Waals surface area contributed by atoms with E-state index in [4.69, 9.17) is 4.74 Å². The number of sulfonamides is 1. The predicted molar refractivity (Wildman–Crippen MR) is 128 cm³/mol. The molecule has 0 atom stereocenters. The number of nitrogens with one attached hydrogen (secondary N) is 1. The summed E-state index contributed by atoms with van der Waals surface area (Å²) >= 11 is 0. The van der Waals surface area contributed by atoms with E-state index in [1.165, 1.54) is 10.4 Å². The molecule has 1 fully saturated rings. The van der Waals surface area contributed by atoms with Gasteiger partial charge in [-0.05, 0) is 67.4 Å². The van der Waals surface area contributed by atoms with Crippen LogP contribution in [0.5, 0.6) is 5.75 Å². The highest BCUT2D eigenvalue weighted by Gasteiger charge is 2.27. The minimum atomic E-state index is -3.55. The number of pyridine rings is 1. The fourth-order valence-electron chi connectivity index (χ4n) is 3.93. The first-order valence-electron chi connectivity index (χ1n) is 11.1. The molecule has 9 heteroatoms. The van der Waals surface area contributed by atoms with Crippen LogP contribution in [0.2, 0.25) is 0 Å². The molecule has 1 saturated heterocycles. The number of aromatic nitrogens is 2. The molecule has 0 spiro atoms. The Morgan fingerprint density at radius 3 is 2.56 bits per heavy atom. The van der Waals surface area contributed by atoms with Crippen LogP contribution in [-0.2, 0) is 16.6 Å². The third-order valence-electron chi connectivity index (χ3n) is 5.71. The van der Waals surface area contributed by atoms with Gasteiger partial charge < -0.3 is 14.5 Å². The van der Waals surface area contributed by atoms with Crippen LogP contribution in [-0.4, -0.2) is 41.1 Å². The average Bonchev–Trinajstić information content (AvgIpc) is 3.54. The van der Waals surface area contributed by atoms with Gasteiger partial charge in [0.15, 0.2) is 0 Å². The molecule has 8 nitrogen and oxygen atoms in total. The number of amides is 1. The lowest BCUT2D eigenvalue weighted by molar-refractivity contribution is 0.102. The van der Waals surface area contributed by atoms with E-state index in [9.17, 15) is 13.2 Å². The normalized spacial score (nSPS) is 14.4. The Hall–Kier alpha value is -3.69. The van der Waals surface area contributed by atoms with Crippen molar-refractivity contribution in [1.29, 1.82) is 0 Å². The van der Waals surface area contributed by atoms with Crippen LogP contribution in [0.4, 0.5) is 5.69 Å². The highest BCUT2D eigenvalue weighted by atomic mass is 32.2. The highest BCUT2D eigenvalue weighted by molar-refractivity contribution is 7.89. The number of fused-ring (bicyclic) bond motifs is 1. The molecule has 1 aliphatic heterocycles. The number of hydrogen-bond donors (Lipinski definition) is 1. The summed E-state index contributed by atoms with van der Waals surface area (Å²) < 4.78 is 34.8. The number of rotatable bonds is 7. The average molecular weight is 477 g/mol. The molecule has 1 aliphatic rings. The van der Waals surface area contributed by atoms with Gasteiger partial charge in [-0.15, -0.1) is 0 Å². The lowest BCUT2D eigenvalue weighted by atomic mass is 10.2. The van der Waals surface area contributed by atoms with Gasteiger partial charge in [0.25, 0.3) is 5.91 Å². The Bertz CT molecular complexity index is 1390. The van der Waals surface area contributed by atoms with Crippen molar-refractivity contribution in [3.8, 4) is 5.75 Å². The van der Waals surface area contributed by atoms with Crippen LogP contribution < -0.4 is 10.1 Å². The van der Waals surface area contributed by atoms with Crippen molar-refractivity contribution in [2.45, 2.75) is 24.3 Å². The van der Waals surface area contributed by atoms with Gasteiger partial charge in [0.1, 0.15) is 18.0 Å². The fourth-order valence-corrected chi connectivity index (χ4v) is 5.50. The Morgan fingerprint density at radius 1 is 1.00 bits per heavy atom. The molecule has 3 heterocycles. The van der Waals surface area contributed by atoms with E-state index >= 15 is 0 Å². The predicted octanol–water partition coefficient (Wildman–Crippen LogP) is 3.95. The fraction of sp³-hybridized carbons (Fsp3) is 0.200. The molecule has 4 aromatic rings. The van der Waals surface area contributed by atoms with Gasteiger partial charge in [0, 0.05) is 36.7 Å². The number of hydrogen-bond acceptors (Lipinski definition) is 5.